The third-order valence-electron chi connectivity index (χ3n) is 3.01. The number of carbonyl (C=O) groups excluding carboxylic acids is 1. The van der Waals surface area contributed by atoms with Crippen LogP contribution in [0.3, 0.4) is 0 Å². The van der Waals surface area contributed by atoms with Gasteiger partial charge in [-0.3, -0.25) is 4.79 Å². The topological polar surface area (TPSA) is 26.3 Å². The van der Waals surface area contributed by atoms with Gasteiger partial charge in [-0.05, 0) is 35.4 Å². The zero-order valence-electron chi connectivity index (χ0n) is 9.80. The number of fused-ring (bicyclic) bond motifs is 1. The molecule has 3 rings (SSSR count). The minimum absolute atomic E-state index is 0.655. The van der Waals surface area contributed by atoms with Crippen LogP contribution in [0.5, 0.6) is 11.5 Å². The number of hydrogen-bond acceptors (Lipinski definition) is 2. The molecule has 0 N–H and O–H groups in total. The molecule has 0 radical (unpaired) electrons. The van der Waals surface area contributed by atoms with Crippen molar-refractivity contribution in [3.05, 3.63) is 65.2 Å². The van der Waals surface area contributed by atoms with Crippen LogP contribution < -0.4 is 4.74 Å². The molecule has 0 spiro atoms. The van der Waals surface area contributed by atoms with E-state index in [4.69, 9.17) is 4.74 Å². The molecule has 1 aliphatic rings. The summed E-state index contributed by atoms with van der Waals surface area (Å²) in [5.41, 5.74) is 2.96. The van der Waals surface area contributed by atoms with Crippen LogP contribution in [0.15, 0.2) is 54.1 Å². The second kappa shape index (κ2) is 4.49. The second-order valence-corrected chi connectivity index (χ2v) is 4.25. The molecule has 18 heavy (non-hydrogen) atoms. The Labute approximate surface area is 106 Å². The van der Waals surface area contributed by atoms with Gasteiger partial charge in [0.05, 0.1) is 0 Å². The Morgan fingerprint density at radius 1 is 1.00 bits per heavy atom. The third kappa shape index (κ3) is 1.93. The zero-order chi connectivity index (χ0) is 12.4. The van der Waals surface area contributed by atoms with Gasteiger partial charge in [0, 0.05) is 12.0 Å². The van der Waals surface area contributed by atoms with Gasteiger partial charge < -0.3 is 4.74 Å². The van der Waals surface area contributed by atoms with Crippen molar-refractivity contribution < 1.29 is 9.53 Å². The summed E-state index contributed by atoms with van der Waals surface area (Å²) < 4.78 is 5.86. The molecule has 0 saturated carbocycles. The van der Waals surface area contributed by atoms with Crippen LogP contribution >= 0.6 is 0 Å². The Morgan fingerprint density at radius 3 is 2.61 bits per heavy atom. The first-order chi connectivity index (χ1) is 8.86. The quantitative estimate of drug-likeness (QED) is 0.761. The monoisotopic (exact) mass is 236 g/mol. The maximum absolute atomic E-state index is 10.8. The number of benzene rings is 2. The summed E-state index contributed by atoms with van der Waals surface area (Å²) in [5, 5.41) is 0. The smallest absolute Gasteiger partial charge is 0.146 e. The van der Waals surface area contributed by atoms with Crippen molar-refractivity contribution >= 4 is 12.4 Å². The Balaban J connectivity index is 1.93. The molecule has 0 atom stereocenters. The Morgan fingerprint density at radius 2 is 1.83 bits per heavy atom. The van der Waals surface area contributed by atoms with Crippen LogP contribution in [0.1, 0.15) is 11.1 Å². The molecule has 0 bridgehead atoms. The number of rotatable bonds is 3. The summed E-state index contributed by atoms with van der Waals surface area (Å²) in [6.45, 7) is 0. The lowest BCUT2D eigenvalue weighted by Crippen LogP contribution is -1.92. The second-order valence-electron chi connectivity index (χ2n) is 4.25. The molecule has 0 fully saturated rings. The predicted octanol–water partition coefficient (Wildman–Crippen LogP) is 3.62. The van der Waals surface area contributed by atoms with Gasteiger partial charge in [0.2, 0.25) is 0 Å². The lowest BCUT2D eigenvalue weighted by molar-refractivity contribution is -0.104. The molecule has 0 saturated heterocycles. The van der Waals surface area contributed by atoms with Crippen LogP contribution in [0.25, 0.3) is 6.08 Å². The van der Waals surface area contributed by atoms with Crippen molar-refractivity contribution in [3.63, 3.8) is 0 Å². The standard InChI is InChI=1S/C16H12O2/c17-11-12-9-13-5-4-8-16(15(13)10-12)18-14-6-2-1-3-7-14/h1-9,11H,10H2. The fourth-order valence-electron chi connectivity index (χ4n) is 2.15. The van der Waals surface area contributed by atoms with Crippen molar-refractivity contribution in [2.45, 2.75) is 6.42 Å². The number of ether oxygens (including phenoxy) is 1. The number of aldehydes is 1. The van der Waals surface area contributed by atoms with Crippen molar-refractivity contribution in [2.75, 3.05) is 0 Å². The molecule has 0 unspecified atom stereocenters. The van der Waals surface area contributed by atoms with Gasteiger partial charge in [0.15, 0.2) is 0 Å². The van der Waals surface area contributed by atoms with Crippen molar-refractivity contribution in [1.29, 1.82) is 0 Å². The van der Waals surface area contributed by atoms with Crippen molar-refractivity contribution in [3.8, 4) is 11.5 Å². The predicted molar refractivity (Wildman–Crippen MR) is 70.7 cm³/mol. The van der Waals surface area contributed by atoms with E-state index in [0.29, 0.717) is 6.42 Å². The summed E-state index contributed by atoms with van der Waals surface area (Å²) in [6, 6.07) is 15.6. The number of hydrogen-bond donors (Lipinski definition) is 0. The molecule has 88 valence electrons. The molecular formula is C16H12O2. The Kier molecular flexibility index (Phi) is 2.69. The van der Waals surface area contributed by atoms with Crippen LogP contribution in [0.2, 0.25) is 0 Å². The molecule has 2 nitrogen and oxygen atoms in total. The van der Waals surface area contributed by atoms with Gasteiger partial charge >= 0.3 is 0 Å². The van der Waals surface area contributed by atoms with Crippen LogP contribution in [0.4, 0.5) is 0 Å². The minimum atomic E-state index is 0.655. The molecule has 0 amide bonds. The highest BCUT2D eigenvalue weighted by molar-refractivity contribution is 5.87. The van der Waals surface area contributed by atoms with Crippen LogP contribution in [0, 0.1) is 0 Å². The van der Waals surface area contributed by atoms with Crippen LogP contribution in [-0.2, 0) is 11.2 Å². The first-order valence-corrected chi connectivity index (χ1v) is 5.87. The molecule has 0 aliphatic heterocycles. The molecule has 2 aromatic rings. The van der Waals surface area contributed by atoms with E-state index in [-0.39, 0.29) is 0 Å². The SMILES string of the molecule is O=CC1=Cc2cccc(Oc3ccccc3)c2C1. The number of carbonyl (C=O) groups is 1. The minimum Gasteiger partial charge on any atom is -0.457 e. The van der Waals surface area contributed by atoms with Crippen molar-refractivity contribution in [2.24, 2.45) is 0 Å². The zero-order valence-corrected chi connectivity index (χ0v) is 9.80. The molecule has 2 heteroatoms. The van der Waals surface area contributed by atoms with E-state index < -0.39 is 0 Å². The Hall–Kier alpha value is -2.35. The first-order valence-electron chi connectivity index (χ1n) is 5.87. The van der Waals surface area contributed by atoms with E-state index in [1.165, 1.54) is 0 Å². The molecule has 2 aromatic carbocycles. The van der Waals surface area contributed by atoms with E-state index in [1.807, 2.05) is 54.6 Å². The highest BCUT2D eigenvalue weighted by atomic mass is 16.5. The average molecular weight is 236 g/mol. The third-order valence-corrected chi connectivity index (χ3v) is 3.01. The molecule has 1 aliphatic carbocycles. The number of allylic oxidation sites excluding steroid dienone is 1. The summed E-state index contributed by atoms with van der Waals surface area (Å²) in [5.74, 6) is 1.64. The average Bonchev–Trinajstić information content (AvgIpc) is 2.84. The summed E-state index contributed by atoms with van der Waals surface area (Å²) >= 11 is 0. The van der Waals surface area contributed by atoms with Crippen LogP contribution in [-0.4, -0.2) is 6.29 Å². The maximum Gasteiger partial charge on any atom is 0.146 e. The van der Waals surface area contributed by atoms with E-state index in [0.717, 1.165) is 34.5 Å². The lowest BCUT2D eigenvalue weighted by atomic mass is 10.1. The maximum atomic E-state index is 10.8. The molecule has 0 heterocycles. The van der Waals surface area contributed by atoms with Crippen molar-refractivity contribution in [1.82, 2.24) is 0 Å². The van der Waals surface area contributed by atoms with Gasteiger partial charge in [-0.1, -0.05) is 30.3 Å². The summed E-state index contributed by atoms with van der Waals surface area (Å²) in [6.07, 6.45) is 3.48. The van der Waals surface area contributed by atoms with Gasteiger partial charge in [-0.25, -0.2) is 0 Å². The summed E-state index contributed by atoms with van der Waals surface area (Å²) in [4.78, 5) is 10.8. The highest BCUT2D eigenvalue weighted by Gasteiger charge is 2.16. The van der Waals surface area contributed by atoms with E-state index in [1.54, 1.807) is 0 Å². The number of para-hydroxylation sites is 1. The molecule has 0 aromatic heterocycles. The van der Waals surface area contributed by atoms with E-state index in [2.05, 4.69) is 0 Å². The fraction of sp³-hybridized carbons (Fsp3) is 0.0625. The fourth-order valence-corrected chi connectivity index (χ4v) is 2.15. The van der Waals surface area contributed by atoms with E-state index in [9.17, 15) is 4.79 Å². The largest absolute Gasteiger partial charge is 0.457 e. The van der Waals surface area contributed by atoms with Gasteiger partial charge in [0.1, 0.15) is 17.8 Å². The molecular weight excluding hydrogens is 224 g/mol. The van der Waals surface area contributed by atoms with E-state index >= 15 is 0 Å². The van der Waals surface area contributed by atoms with Gasteiger partial charge in [0.25, 0.3) is 0 Å². The van der Waals surface area contributed by atoms with Gasteiger partial charge in [-0.15, -0.1) is 0 Å². The normalized spacial score (nSPS) is 12.8. The van der Waals surface area contributed by atoms with Gasteiger partial charge in [-0.2, -0.15) is 0 Å². The highest BCUT2D eigenvalue weighted by Crippen LogP contribution is 2.34. The lowest BCUT2D eigenvalue weighted by Gasteiger charge is -2.10. The first kappa shape index (κ1) is 10.8. The Bertz CT molecular complexity index is 612. The summed E-state index contributed by atoms with van der Waals surface area (Å²) in [7, 11) is 0.